The van der Waals surface area contributed by atoms with Crippen molar-refractivity contribution in [1.82, 2.24) is 10.2 Å². The second-order valence-corrected chi connectivity index (χ2v) is 7.43. The van der Waals surface area contributed by atoms with Crippen molar-refractivity contribution < 1.29 is 9.59 Å². The SMILES string of the molecule is CCCCNC(=O)[C@H](C)N(Cc1ccc(C)cc1)C(=O)Cc1ccccc1C. The first kappa shape index (κ1) is 21.7. The molecule has 0 aliphatic heterocycles. The number of nitrogens with one attached hydrogen (secondary N) is 1. The molecule has 1 atom stereocenters. The molecule has 1 N–H and O–H groups in total. The summed E-state index contributed by atoms with van der Waals surface area (Å²) in [4.78, 5) is 27.5. The van der Waals surface area contributed by atoms with E-state index in [2.05, 4.69) is 12.2 Å². The van der Waals surface area contributed by atoms with Gasteiger partial charge in [-0.1, -0.05) is 67.4 Å². The van der Waals surface area contributed by atoms with Crippen molar-refractivity contribution >= 4 is 11.8 Å². The largest absolute Gasteiger partial charge is 0.354 e. The fraction of sp³-hybridized carbons (Fsp3) is 0.417. The molecule has 28 heavy (non-hydrogen) atoms. The van der Waals surface area contributed by atoms with Crippen molar-refractivity contribution in [2.45, 2.75) is 59.5 Å². The summed E-state index contributed by atoms with van der Waals surface area (Å²) in [6.45, 7) is 9.01. The van der Waals surface area contributed by atoms with Gasteiger partial charge in [0.1, 0.15) is 6.04 Å². The molecule has 2 amide bonds. The molecule has 2 aromatic rings. The molecule has 2 aromatic carbocycles. The van der Waals surface area contributed by atoms with Crippen LogP contribution in [0.25, 0.3) is 0 Å². The molecule has 0 aliphatic carbocycles. The summed E-state index contributed by atoms with van der Waals surface area (Å²) in [5.41, 5.74) is 4.29. The average Bonchev–Trinajstić information content (AvgIpc) is 2.68. The van der Waals surface area contributed by atoms with E-state index in [1.165, 1.54) is 5.56 Å². The predicted octanol–water partition coefficient (Wildman–Crippen LogP) is 4.18. The molecule has 0 bridgehead atoms. The third-order valence-corrected chi connectivity index (χ3v) is 5.07. The van der Waals surface area contributed by atoms with Gasteiger partial charge >= 0.3 is 0 Å². The Morgan fingerprint density at radius 1 is 1.04 bits per heavy atom. The highest BCUT2D eigenvalue weighted by Gasteiger charge is 2.26. The molecule has 4 heteroatoms. The Bertz CT molecular complexity index is 783. The molecule has 0 aliphatic rings. The van der Waals surface area contributed by atoms with Crippen LogP contribution in [-0.4, -0.2) is 29.3 Å². The summed E-state index contributed by atoms with van der Waals surface area (Å²) in [6.07, 6.45) is 2.26. The summed E-state index contributed by atoms with van der Waals surface area (Å²) in [6, 6.07) is 15.5. The van der Waals surface area contributed by atoms with Crippen molar-refractivity contribution in [1.29, 1.82) is 0 Å². The van der Waals surface area contributed by atoms with Gasteiger partial charge in [-0.2, -0.15) is 0 Å². The third-order valence-electron chi connectivity index (χ3n) is 5.07. The number of unbranched alkanes of at least 4 members (excludes halogenated alkanes) is 1. The van der Waals surface area contributed by atoms with Crippen LogP contribution < -0.4 is 5.32 Å². The van der Waals surface area contributed by atoms with Crippen molar-refractivity contribution in [3.63, 3.8) is 0 Å². The second kappa shape index (κ2) is 10.6. The van der Waals surface area contributed by atoms with Crippen molar-refractivity contribution in [2.75, 3.05) is 6.54 Å². The molecular weight excluding hydrogens is 348 g/mol. The van der Waals surface area contributed by atoms with Crippen LogP contribution in [0, 0.1) is 13.8 Å². The number of carbonyl (C=O) groups excluding carboxylic acids is 2. The average molecular weight is 381 g/mol. The topological polar surface area (TPSA) is 49.4 Å². The number of rotatable bonds is 9. The molecule has 4 nitrogen and oxygen atoms in total. The lowest BCUT2D eigenvalue weighted by molar-refractivity contribution is -0.140. The van der Waals surface area contributed by atoms with Crippen LogP contribution in [0.1, 0.15) is 48.9 Å². The fourth-order valence-electron chi connectivity index (χ4n) is 3.08. The Labute approximate surface area is 169 Å². The van der Waals surface area contributed by atoms with Gasteiger partial charge in [-0.25, -0.2) is 0 Å². The Morgan fingerprint density at radius 3 is 2.36 bits per heavy atom. The number of carbonyl (C=O) groups is 2. The highest BCUT2D eigenvalue weighted by Crippen LogP contribution is 2.15. The van der Waals surface area contributed by atoms with Crippen molar-refractivity contribution in [3.8, 4) is 0 Å². The van der Waals surface area contributed by atoms with Gasteiger partial charge in [-0.15, -0.1) is 0 Å². The lowest BCUT2D eigenvalue weighted by Crippen LogP contribution is -2.48. The molecular formula is C24H32N2O2. The van der Waals surface area contributed by atoms with Gasteiger partial charge in [0.25, 0.3) is 0 Å². The summed E-state index contributed by atoms with van der Waals surface area (Å²) < 4.78 is 0. The Hall–Kier alpha value is -2.62. The second-order valence-electron chi connectivity index (χ2n) is 7.43. The highest BCUT2D eigenvalue weighted by molar-refractivity contribution is 5.88. The molecule has 0 saturated carbocycles. The molecule has 0 fully saturated rings. The van der Waals surface area contributed by atoms with Crippen LogP contribution in [-0.2, 0) is 22.6 Å². The summed E-state index contributed by atoms with van der Waals surface area (Å²) in [5, 5.41) is 2.96. The van der Waals surface area contributed by atoms with Crippen LogP contribution in [0.15, 0.2) is 48.5 Å². The van der Waals surface area contributed by atoms with Gasteiger partial charge in [0, 0.05) is 13.1 Å². The Balaban J connectivity index is 2.18. The minimum Gasteiger partial charge on any atom is -0.354 e. The van der Waals surface area contributed by atoms with E-state index in [0.717, 1.165) is 29.5 Å². The van der Waals surface area contributed by atoms with Crippen LogP contribution in [0.2, 0.25) is 0 Å². The minimum atomic E-state index is -0.519. The van der Waals surface area contributed by atoms with Gasteiger partial charge in [0.2, 0.25) is 11.8 Å². The van der Waals surface area contributed by atoms with E-state index in [4.69, 9.17) is 0 Å². The first-order valence-corrected chi connectivity index (χ1v) is 10.1. The van der Waals surface area contributed by atoms with E-state index in [0.29, 0.717) is 19.5 Å². The maximum absolute atomic E-state index is 13.2. The normalized spacial score (nSPS) is 11.7. The predicted molar refractivity (Wildman–Crippen MR) is 114 cm³/mol. The summed E-state index contributed by atoms with van der Waals surface area (Å²) >= 11 is 0. The molecule has 150 valence electrons. The highest BCUT2D eigenvalue weighted by atomic mass is 16.2. The van der Waals surface area contributed by atoms with E-state index in [9.17, 15) is 9.59 Å². The lowest BCUT2D eigenvalue weighted by atomic mass is 10.0. The first-order chi connectivity index (χ1) is 13.4. The van der Waals surface area contributed by atoms with Gasteiger partial charge in [-0.05, 0) is 43.9 Å². The Morgan fingerprint density at radius 2 is 1.71 bits per heavy atom. The zero-order chi connectivity index (χ0) is 20.5. The van der Waals surface area contributed by atoms with Gasteiger partial charge in [0.05, 0.1) is 6.42 Å². The molecule has 0 heterocycles. The van der Waals surface area contributed by atoms with Crippen LogP contribution in [0.3, 0.4) is 0 Å². The fourth-order valence-corrected chi connectivity index (χ4v) is 3.08. The molecule has 2 rings (SSSR count). The molecule has 0 radical (unpaired) electrons. The van der Waals surface area contributed by atoms with Gasteiger partial charge < -0.3 is 10.2 Å². The maximum Gasteiger partial charge on any atom is 0.242 e. The van der Waals surface area contributed by atoms with E-state index >= 15 is 0 Å². The summed E-state index contributed by atoms with van der Waals surface area (Å²) in [7, 11) is 0. The monoisotopic (exact) mass is 380 g/mol. The number of hydrogen-bond acceptors (Lipinski definition) is 2. The van der Waals surface area contributed by atoms with Gasteiger partial charge in [-0.3, -0.25) is 9.59 Å². The van der Waals surface area contributed by atoms with Crippen LogP contribution in [0.5, 0.6) is 0 Å². The van der Waals surface area contributed by atoms with E-state index in [-0.39, 0.29) is 11.8 Å². The molecule has 0 aromatic heterocycles. The standard InChI is InChI=1S/C24H32N2O2/c1-5-6-15-25-24(28)20(4)26(17-21-13-11-18(2)12-14-21)23(27)16-22-10-8-7-9-19(22)3/h7-14,20H,5-6,15-17H2,1-4H3,(H,25,28)/t20-/m0/s1. The first-order valence-electron chi connectivity index (χ1n) is 10.1. The third kappa shape index (κ3) is 6.22. The number of hydrogen-bond donors (Lipinski definition) is 1. The Kier molecular flexibility index (Phi) is 8.24. The quantitative estimate of drug-likeness (QED) is 0.664. The van der Waals surface area contributed by atoms with Crippen molar-refractivity contribution in [3.05, 3.63) is 70.8 Å². The number of nitrogens with zero attached hydrogens (tertiary/aromatic N) is 1. The van der Waals surface area contributed by atoms with E-state index in [1.807, 2.05) is 69.3 Å². The smallest absolute Gasteiger partial charge is 0.242 e. The lowest BCUT2D eigenvalue weighted by Gasteiger charge is -2.29. The number of benzene rings is 2. The van der Waals surface area contributed by atoms with Crippen LogP contribution >= 0.6 is 0 Å². The zero-order valence-corrected chi connectivity index (χ0v) is 17.5. The van der Waals surface area contributed by atoms with Crippen LogP contribution in [0.4, 0.5) is 0 Å². The van der Waals surface area contributed by atoms with E-state index < -0.39 is 6.04 Å². The van der Waals surface area contributed by atoms with E-state index in [1.54, 1.807) is 4.90 Å². The zero-order valence-electron chi connectivity index (χ0n) is 17.5. The number of aryl methyl sites for hydroxylation is 2. The van der Waals surface area contributed by atoms with Gasteiger partial charge in [0.15, 0.2) is 0 Å². The minimum absolute atomic E-state index is 0.0342. The maximum atomic E-state index is 13.2. The molecule has 0 unspecified atom stereocenters. The summed E-state index contributed by atoms with van der Waals surface area (Å²) in [5.74, 6) is -0.133. The van der Waals surface area contributed by atoms with Crippen molar-refractivity contribution in [2.24, 2.45) is 0 Å². The molecule has 0 saturated heterocycles. The number of amides is 2. The molecule has 0 spiro atoms.